The second-order valence-corrected chi connectivity index (χ2v) is 20.4. The van der Waals surface area contributed by atoms with Crippen molar-refractivity contribution >= 4 is 52.5 Å². The van der Waals surface area contributed by atoms with Crippen LogP contribution in [0.5, 0.6) is 0 Å². The van der Waals surface area contributed by atoms with Gasteiger partial charge in [0.05, 0.1) is 29.6 Å². The zero-order valence-electron chi connectivity index (χ0n) is 39.7. The Hall–Kier alpha value is -7.02. The molecule has 9 heterocycles. The third kappa shape index (κ3) is 8.16. The van der Waals surface area contributed by atoms with Gasteiger partial charge in [0.1, 0.15) is 29.1 Å². The van der Waals surface area contributed by atoms with Gasteiger partial charge >= 0.3 is 0 Å². The van der Waals surface area contributed by atoms with Crippen LogP contribution in [-0.4, -0.2) is 126 Å². The molecule has 5 amide bonds. The Morgan fingerprint density at radius 3 is 2.33 bits per heavy atom. The molecule has 6 aliphatic rings. The highest BCUT2D eigenvalue weighted by Gasteiger charge is 2.45. The van der Waals surface area contributed by atoms with Gasteiger partial charge in [-0.1, -0.05) is 19.9 Å². The molecule has 1 aliphatic carbocycles. The van der Waals surface area contributed by atoms with Crippen LogP contribution in [-0.2, 0) is 49.2 Å². The maximum atomic E-state index is 14.0. The number of hydrogen-bond acceptors (Lipinski definition) is 13. The summed E-state index contributed by atoms with van der Waals surface area (Å²) in [4.78, 5) is 97.4. The number of aryl methyl sites for hydroxylation is 1. The van der Waals surface area contributed by atoms with Crippen LogP contribution in [0, 0.1) is 5.41 Å². The Balaban J connectivity index is 0.691. The maximum Gasteiger partial charge on any atom is 0.276 e. The number of nitrogens with one attached hydrogen (secondary N) is 2. The molecule has 0 bridgehead atoms. The summed E-state index contributed by atoms with van der Waals surface area (Å²) in [6, 6.07) is 14.3. The highest BCUT2D eigenvalue weighted by Crippen LogP contribution is 2.40. The molecule has 3 N–H and O–H groups in total. The van der Waals surface area contributed by atoms with Crippen LogP contribution in [0.25, 0.3) is 11.1 Å². The number of hydrogen-bond donors (Lipinski definition) is 3. The number of fused-ring (bicyclic) bond motifs is 4. The second kappa shape index (κ2) is 17.7. The van der Waals surface area contributed by atoms with Crippen LogP contribution in [0.2, 0.25) is 0 Å². The smallest absolute Gasteiger partial charge is 0.276 e. The molecule has 1 unspecified atom stereocenters. The minimum Gasteiger partial charge on any atom is -0.392 e. The monoisotopic (exact) mass is 947 g/mol. The maximum absolute atomic E-state index is 14.0. The predicted molar refractivity (Wildman–Crippen MR) is 261 cm³/mol. The lowest BCUT2D eigenvalue weighted by atomic mass is 9.90. The molecule has 5 aliphatic heterocycles. The number of likely N-dealkylation sites (tertiary alicyclic amines) is 1. The highest BCUT2D eigenvalue weighted by atomic mass is 16.3. The third-order valence-electron chi connectivity index (χ3n) is 15.2. The molecule has 5 aromatic rings. The van der Waals surface area contributed by atoms with Crippen molar-refractivity contribution in [1.82, 2.24) is 39.1 Å². The first-order valence-electron chi connectivity index (χ1n) is 24.4. The summed E-state index contributed by atoms with van der Waals surface area (Å²) >= 11 is 0. The number of nitrogens with zero attached hydrogens (tertiary/aromatic N) is 9. The zero-order valence-corrected chi connectivity index (χ0v) is 39.7. The number of rotatable bonds is 10. The molecule has 70 heavy (non-hydrogen) atoms. The molecule has 11 rings (SSSR count). The number of anilines is 4. The normalized spacial score (nSPS) is 20.8. The van der Waals surface area contributed by atoms with Crippen LogP contribution < -0.4 is 26.0 Å². The Bertz CT molecular complexity index is 3040. The number of piperazine rings is 1. The van der Waals surface area contributed by atoms with Gasteiger partial charge in [0.15, 0.2) is 0 Å². The first-order valence-corrected chi connectivity index (χ1v) is 24.4. The number of pyridine rings is 3. The second-order valence-electron chi connectivity index (χ2n) is 20.4. The molecule has 3 saturated heterocycles. The molecule has 362 valence electrons. The number of imide groups is 2. The van der Waals surface area contributed by atoms with Crippen molar-refractivity contribution in [2.75, 3.05) is 60.9 Å². The van der Waals surface area contributed by atoms with Crippen LogP contribution in [0.4, 0.5) is 23.0 Å². The van der Waals surface area contributed by atoms with Gasteiger partial charge in [-0.3, -0.25) is 53.7 Å². The van der Waals surface area contributed by atoms with Crippen LogP contribution in [0.15, 0.2) is 71.9 Å². The van der Waals surface area contributed by atoms with Gasteiger partial charge in [0.2, 0.25) is 11.8 Å². The number of aliphatic hydroxyl groups excluding tert-OH is 1. The topological polar surface area (TPSA) is 199 Å². The van der Waals surface area contributed by atoms with E-state index in [1.165, 1.54) is 15.8 Å². The Morgan fingerprint density at radius 2 is 1.59 bits per heavy atom. The lowest BCUT2D eigenvalue weighted by Gasteiger charge is -2.43. The number of carbonyl (C=O) groups excluding carboxylic acids is 5. The highest BCUT2D eigenvalue weighted by molar-refractivity contribution is 6.23. The van der Waals surface area contributed by atoms with Crippen molar-refractivity contribution in [1.29, 1.82) is 0 Å². The largest absolute Gasteiger partial charge is 0.392 e. The van der Waals surface area contributed by atoms with Gasteiger partial charge in [0, 0.05) is 94.5 Å². The van der Waals surface area contributed by atoms with E-state index in [0.717, 1.165) is 81.1 Å². The molecule has 1 aromatic carbocycles. The lowest BCUT2D eigenvalue weighted by molar-refractivity contribution is -0.136. The first kappa shape index (κ1) is 45.4. The minimum atomic E-state index is -0.981. The number of aromatic nitrogens is 4. The van der Waals surface area contributed by atoms with Gasteiger partial charge in [-0.15, -0.1) is 0 Å². The lowest BCUT2D eigenvalue weighted by Crippen LogP contribution is -2.54. The predicted octanol–water partition coefficient (Wildman–Crippen LogP) is 3.85. The average molecular weight is 948 g/mol. The van der Waals surface area contributed by atoms with Crippen molar-refractivity contribution in [3.63, 3.8) is 0 Å². The fourth-order valence-electron chi connectivity index (χ4n) is 11.6. The van der Waals surface area contributed by atoms with E-state index in [0.29, 0.717) is 76.5 Å². The van der Waals surface area contributed by atoms with E-state index < -0.39 is 29.7 Å². The van der Waals surface area contributed by atoms with E-state index in [1.54, 1.807) is 48.6 Å². The summed E-state index contributed by atoms with van der Waals surface area (Å²) in [6.07, 6.45) is 9.34. The summed E-state index contributed by atoms with van der Waals surface area (Å²) in [7, 11) is 1.69. The van der Waals surface area contributed by atoms with Gasteiger partial charge < -0.3 is 24.5 Å². The standard InChI is InChI=1S/C52H57N11O7/c1-52(2)25-32-24-42-51(70)62(21-20-61(42)43(32)26-52)46-39(30-64)36(10-13-53-46)33-23-40(50(69)57(3)29-33)55-44-8-5-35(27-54-44)60-18-16-59(17-19-60)34-11-14-58(15-12-34)28-31-4-6-37-38(22-31)49(68)63(48(37)67)41-7-9-45(65)56-47(41)66/h4-6,8,10,13,22-24,27,29,34,41,64H,7,9,11-12,14-21,25-26,28,30H2,1-3H3,(H,54,55)(H,56,65,66). The molecule has 0 saturated carbocycles. The molecule has 1 atom stereocenters. The molecule has 4 aromatic heterocycles. The van der Waals surface area contributed by atoms with E-state index in [4.69, 9.17) is 4.98 Å². The Morgan fingerprint density at radius 1 is 0.800 bits per heavy atom. The summed E-state index contributed by atoms with van der Waals surface area (Å²) < 4.78 is 3.66. The number of carbonyl (C=O) groups is 5. The first-order chi connectivity index (χ1) is 33.7. The fourth-order valence-corrected chi connectivity index (χ4v) is 11.6. The minimum absolute atomic E-state index is 0.0845. The average Bonchev–Trinajstić information content (AvgIpc) is 3.94. The van der Waals surface area contributed by atoms with Gasteiger partial charge in [0.25, 0.3) is 23.3 Å². The fraction of sp³-hybridized carbons (Fsp3) is 0.423. The van der Waals surface area contributed by atoms with E-state index in [-0.39, 0.29) is 36.3 Å². The third-order valence-corrected chi connectivity index (χ3v) is 15.2. The van der Waals surface area contributed by atoms with E-state index >= 15 is 0 Å². The number of piperidine rings is 2. The number of aliphatic hydroxyl groups is 1. The molecule has 18 heteroatoms. The van der Waals surface area contributed by atoms with Crippen molar-refractivity contribution in [3.05, 3.63) is 117 Å². The summed E-state index contributed by atoms with van der Waals surface area (Å²) in [5, 5.41) is 16.3. The molecule has 3 fully saturated rings. The summed E-state index contributed by atoms with van der Waals surface area (Å²) in [5.74, 6) is -1.19. The zero-order chi connectivity index (χ0) is 48.6. The SMILES string of the molecule is Cn1cc(-c2ccnc(N3CCn4c(cc5c4CC(C)(C)C5)C3=O)c2CO)cc(Nc2ccc(N3CCN(C4CCN(Cc5ccc6c(c5)C(=O)N(C5CCC(=O)NC5=O)C6=O)CC4)CC3)cn2)c1=O. The molecule has 18 nitrogen and oxygen atoms in total. The van der Waals surface area contributed by atoms with Crippen molar-refractivity contribution < 1.29 is 29.1 Å². The molecule has 0 spiro atoms. The van der Waals surface area contributed by atoms with Crippen molar-refractivity contribution in [2.24, 2.45) is 12.5 Å². The quantitative estimate of drug-likeness (QED) is 0.171. The van der Waals surface area contributed by atoms with Crippen LogP contribution >= 0.6 is 0 Å². The summed E-state index contributed by atoms with van der Waals surface area (Å²) in [5.41, 5.74) is 7.81. The summed E-state index contributed by atoms with van der Waals surface area (Å²) in [6.45, 7) is 11.3. The Labute approximate surface area is 404 Å². The number of benzene rings is 1. The van der Waals surface area contributed by atoms with Gasteiger partial charge in [-0.05, 0) is 110 Å². The van der Waals surface area contributed by atoms with Gasteiger partial charge in [-0.25, -0.2) is 9.97 Å². The van der Waals surface area contributed by atoms with Crippen molar-refractivity contribution in [2.45, 2.75) is 84.2 Å². The van der Waals surface area contributed by atoms with Gasteiger partial charge in [-0.2, -0.15) is 0 Å². The van der Waals surface area contributed by atoms with Crippen LogP contribution in [0.1, 0.15) is 93.1 Å². The molecule has 0 radical (unpaired) electrons. The van der Waals surface area contributed by atoms with E-state index in [2.05, 4.69) is 48.7 Å². The van der Waals surface area contributed by atoms with E-state index in [9.17, 15) is 33.9 Å². The van der Waals surface area contributed by atoms with Crippen molar-refractivity contribution in [3.8, 4) is 11.1 Å². The molecular formula is C52H57N11O7. The van der Waals surface area contributed by atoms with E-state index in [1.807, 2.05) is 30.5 Å². The number of amides is 5. The Kier molecular flexibility index (Phi) is 11.5. The molecular weight excluding hydrogens is 891 g/mol. The van der Waals surface area contributed by atoms with Crippen LogP contribution in [0.3, 0.4) is 0 Å².